The highest BCUT2D eigenvalue weighted by Crippen LogP contribution is 2.16. The number of Topliss-reactive ketones (excluding diaryl/α,β-unsaturated/α-hetero) is 1. The van der Waals surface area contributed by atoms with Gasteiger partial charge in [-0.15, -0.1) is 0 Å². The van der Waals surface area contributed by atoms with Crippen LogP contribution in [0.1, 0.15) is 20.7 Å². The summed E-state index contributed by atoms with van der Waals surface area (Å²) in [7, 11) is 1.55. The average Bonchev–Trinajstić information content (AvgIpc) is 2.67. The normalized spacial score (nSPS) is 10.3. The first-order valence-corrected chi connectivity index (χ1v) is 7.58. The minimum atomic E-state index is -5.08. The van der Waals surface area contributed by atoms with Crippen LogP contribution < -0.4 is 15.2 Å². The quantitative estimate of drug-likeness (QED) is 0.451. The lowest BCUT2D eigenvalue weighted by atomic mass is 10.1. The van der Waals surface area contributed by atoms with Gasteiger partial charge in [-0.1, -0.05) is 0 Å². The Bertz CT molecular complexity index is 817. The van der Waals surface area contributed by atoms with E-state index >= 15 is 0 Å². The number of carbonyl (C=O) groups is 3. The molecule has 7 nitrogen and oxygen atoms in total. The molecule has 0 bridgehead atoms. The first-order chi connectivity index (χ1) is 13.1. The summed E-state index contributed by atoms with van der Waals surface area (Å²) in [5.41, 5.74) is 6.18. The lowest BCUT2D eigenvalue weighted by Crippen LogP contribution is -2.21. The van der Waals surface area contributed by atoms with E-state index < -0.39 is 18.1 Å². The summed E-state index contributed by atoms with van der Waals surface area (Å²) in [5.74, 6) is -2.37. The molecule has 2 rings (SSSR count). The van der Waals surface area contributed by atoms with Gasteiger partial charge in [-0.2, -0.15) is 13.2 Å². The number of methoxy groups -OCH3 is 1. The molecule has 10 heteroatoms. The molecule has 0 saturated carbocycles. The zero-order valence-corrected chi connectivity index (χ0v) is 14.5. The van der Waals surface area contributed by atoms with E-state index in [-0.39, 0.29) is 12.3 Å². The average molecular weight is 399 g/mol. The number of carboxylic acid groups (broad SMARTS) is 1. The highest BCUT2D eigenvalue weighted by atomic mass is 19.4. The maximum Gasteiger partial charge on any atom is 0.490 e. The van der Waals surface area contributed by atoms with Crippen LogP contribution in [0.5, 0.6) is 11.5 Å². The fourth-order valence-corrected chi connectivity index (χ4v) is 1.72. The first kappa shape index (κ1) is 22.6. The monoisotopic (exact) mass is 399 g/mol. The van der Waals surface area contributed by atoms with Gasteiger partial charge in [0.25, 0.3) is 0 Å². The van der Waals surface area contributed by atoms with E-state index in [1.807, 2.05) is 0 Å². The number of alkyl halides is 3. The molecule has 2 aromatic carbocycles. The van der Waals surface area contributed by atoms with Crippen molar-refractivity contribution in [2.75, 3.05) is 13.7 Å². The van der Waals surface area contributed by atoms with Crippen molar-refractivity contribution < 1.29 is 42.1 Å². The van der Waals surface area contributed by atoms with Crippen molar-refractivity contribution in [1.29, 1.82) is 0 Å². The van der Waals surface area contributed by atoms with Crippen molar-refractivity contribution in [3.8, 4) is 11.5 Å². The van der Waals surface area contributed by atoms with Crippen molar-refractivity contribution in [3.63, 3.8) is 0 Å². The third-order valence-corrected chi connectivity index (χ3v) is 3.14. The summed E-state index contributed by atoms with van der Waals surface area (Å²) in [6, 6.07) is 12.9. The fraction of sp³-hybridized carbons (Fsp3) is 0.167. The Morgan fingerprint density at radius 2 is 1.36 bits per heavy atom. The Morgan fingerprint density at radius 1 is 0.929 bits per heavy atom. The Kier molecular flexibility index (Phi) is 8.14. The molecule has 0 spiro atoms. The van der Waals surface area contributed by atoms with E-state index in [1.54, 1.807) is 55.6 Å². The van der Waals surface area contributed by atoms with Gasteiger partial charge in [-0.3, -0.25) is 4.79 Å². The Hall–Kier alpha value is -3.40. The molecule has 0 unspecified atom stereocenters. The molecular weight excluding hydrogens is 383 g/mol. The number of ether oxygens (including phenoxy) is 2. The van der Waals surface area contributed by atoms with Crippen LogP contribution in [0.2, 0.25) is 0 Å². The lowest BCUT2D eigenvalue weighted by Gasteiger charge is -2.06. The number of nitrogens with two attached hydrogens (primary N) is 1. The molecule has 0 atom stereocenters. The molecule has 0 aliphatic rings. The molecule has 3 N–H and O–H groups in total. The lowest BCUT2D eigenvalue weighted by molar-refractivity contribution is -0.192. The molecule has 0 amide bonds. The van der Waals surface area contributed by atoms with Gasteiger partial charge in [0.05, 0.1) is 19.2 Å². The van der Waals surface area contributed by atoms with Gasteiger partial charge in [0.2, 0.25) is 0 Å². The summed E-state index contributed by atoms with van der Waals surface area (Å²) in [6.45, 7) is -0.0506. The molecule has 0 radical (unpaired) electrons. The van der Waals surface area contributed by atoms with Crippen LogP contribution in [0, 0.1) is 0 Å². The molecular formula is C18H16F3NO6. The molecule has 0 aromatic heterocycles. The van der Waals surface area contributed by atoms with Gasteiger partial charge >= 0.3 is 18.1 Å². The van der Waals surface area contributed by atoms with Crippen LogP contribution in [-0.2, 0) is 4.79 Å². The predicted molar refractivity (Wildman–Crippen MR) is 91.5 cm³/mol. The van der Waals surface area contributed by atoms with Crippen LogP contribution in [0.15, 0.2) is 48.5 Å². The Labute approximate surface area is 157 Å². The molecule has 0 aliphatic carbocycles. The second-order valence-corrected chi connectivity index (χ2v) is 5.07. The SMILES string of the molecule is COc1ccc(C(=O)Oc2ccc(C(=O)CN)cc2)cc1.O=C(O)C(F)(F)F. The Morgan fingerprint density at radius 3 is 1.75 bits per heavy atom. The van der Waals surface area contributed by atoms with Crippen molar-refractivity contribution in [1.82, 2.24) is 0 Å². The number of benzene rings is 2. The van der Waals surface area contributed by atoms with Gasteiger partial charge in [0.1, 0.15) is 11.5 Å². The number of carboxylic acids is 1. The Balaban J connectivity index is 0.000000480. The van der Waals surface area contributed by atoms with Crippen LogP contribution in [-0.4, -0.2) is 42.7 Å². The zero-order chi connectivity index (χ0) is 21.3. The highest BCUT2D eigenvalue weighted by Gasteiger charge is 2.38. The molecule has 150 valence electrons. The van der Waals surface area contributed by atoms with E-state index in [0.29, 0.717) is 22.6 Å². The van der Waals surface area contributed by atoms with Crippen molar-refractivity contribution in [3.05, 3.63) is 59.7 Å². The van der Waals surface area contributed by atoms with E-state index in [2.05, 4.69) is 0 Å². The largest absolute Gasteiger partial charge is 0.497 e. The maximum atomic E-state index is 11.9. The first-order valence-electron chi connectivity index (χ1n) is 7.58. The second-order valence-electron chi connectivity index (χ2n) is 5.07. The molecule has 2 aromatic rings. The number of rotatable bonds is 5. The van der Waals surface area contributed by atoms with E-state index in [1.165, 1.54) is 0 Å². The smallest absolute Gasteiger partial charge is 0.490 e. The van der Waals surface area contributed by atoms with Crippen molar-refractivity contribution in [2.24, 2.45) is 5.73 Å². The molecule has 0 heterocycles. The van der Waals surface area contributed by atoms with Gasteiger partial charge in [-0.05, 0) is 48.5 Å². The number of ketones is 1. The van der Waals surface area contributed by atoms with Crippen molar-refractivity contribution >= 4 is 17.7 Å². The zero-order valence-electron chi connectivity index (χ0n) is 14.5. The maximum absolute atomic E-state index is 11.9. The minimum absolute atomic E-state index is 0.0506. The molecule has 28 heavy (non-hydrogen) atoms. The number of hydrogen-bond donors (Lipinski definition) is 2. The molecule has 0 fully saturated rings. The van der Waals surface area contributed by atoms with E-state index in [0.717, 1.165) is 0 Å². The van der Waals surface area contributed by atoms with Crippen LogP contribution in [0.4, 0.5) is 13.2 Å². The number of carbonyl (C=O) groups excluding carboxylic acids is 2. The van der Waals surface area contributed by atoms with Gasteiger partial charge < -0.3 is 20.3 Å². The highest BCUT2D eigenvalue weighted by molar-refractivity contribution is 5.97. The third kappa shape index (κ3) is 7.08. The van der Waals surface area contributed by atoms with Gasteiger partial charge in [0.15, 0.2) is 5.78 Å². The van der Waals surface area contributed by atoms with Crippen LogP contribution in [0.25, 0.3) is 0 Å². The van der Waals surface area contributed by atoms with Gasteiger partial charge in [-0.25, -0.2) is 9.59 Å². The number of halogens is 3. The van der Waals surface area contributed by atoms with E-state index in [4.69, 9.17) is 25.1 Å². The fourth-order valence-electron chi connectivity index (χ4n) is 1.72. The molecule has 0 saturated heterocycles. The van der Waals surface area contributed by atoms with Crippen molar-refractivity contribution in [2.45, 2.75) is 6.18 Å². The summed E-state index contributed by atoms with van der Waals surface area (Å²) in [5, 5.41) is 7.12. The number of esters is 1. The summed E-state index contributed by atoms with van der Waals surface area (Å²) < 4.78 is 42.0. The summed E-state index contributed by atoms with van der Waals surface area (Å²) in [6.07, 6.45) is -5.08. The number of hydrogen-bond acceptors (Lipinski definition) is 6. The minimum Gasteiger partial charge on any atom is -0.497 e. The van der Waals surface area contributed by atoms with Crippen LogP contribution in [0.3, 0.4) is 0 Å². The molecule has 0 aliphatic heterocycles. The van der Waals surface area contributed by atoms with E-state index in [9.17, 15) is 22.8 Å². The summed E-state index contributed by atoms with van der Waals surface area (Å²) in [4.78, 5) is 32.2. The number of aliphatic carboxylic acids is 1. The second kappa shape index (κ2) is 10.1. The standard InChI is InChI=1S/C16H15NO4.C2HF3O2/c1-20-13-6-4-12(5-7-13)16(19)21-14-8-2-11(3-9-14)15(18)10-17;3-2(4,5)1(6)7/h2-9H,10,17H2,1H3;(H,6,7). The summed E-state index contributed by atoms with van der Waals surface area (Å²) >= 11 is 0. The third-order valence-electron chi connectivity index (χ3n) is 3.14. The predicted octanol–water partition coefficient (Wildman–Crippen LogP) is 2.69. The van der Waals surface area contributed by atoms with Crippen LogP contribution >= 0.6 is 0 Å². The topological polar surface area (TPSA) is 116 Å². The van der Waals surface area contributed by atoms with Gasteiger partial charge in [0, 0.05) is 5.56 Å².